The Morgan fingerprint density at radius 2 is 1.95 bits per heavy atom. The summed E-state index contributed by atoms with van der Waals surface area (Å²) >= 11 is 3.49. The summed E-state index contributed by atoms with van der Waals surface area (Å²) in [7, 11) is 0. The maximum atomic E-state index is 12.3. The summed E-state index contributed by atoms with van der Waals surface area (Å²) in [5.41, 5.74) is 0.760. The fourth-order valence-electron chi connectivity index (χ4n) is 2.77. The Kier molecular flexibility index (Phi) is 3.54. The van der Waals surface area contributed by atoms with Crippen molar-refractivity contribution in [3.63, 3.8) is 0 Å². The lowest BCUT2D eigenvalue weighted by Crippen LogP contribution is -2.26. The van der Waals surface area contributed by atoms with E-state index >= 15 is 0 Å². The topological polar surface area (TPSA) is 26.3 Å². The van der Waals surface area contributed by atoms with Crippen LogP contribution < -0.4 is 0 Å². The Balaban J connectivity index is 2.19. The van der Waals surface area contributed by atoms with Gasteiger partial charge in [0.15, 0.2) is 0 Å². The molecule has 1 saturated carbocycles. The van der Waals surface area contributed by atoms with E-state index < -0.39 is 5.60 Å². The first-order valence-corrected chi connectivity index (χ1v) is 7.40. The van der Waals surface area contributed by atoms with E-state index in [0.29, 0.717) is 0 Å². The van der Waals surface area contributed by atoms with Gasteiger partial charge in [0.2, 0.25) is 0 Å². The van der Waals surface area contributed by atoms with E-state index in [1.165, 1.54) is 5.56 Å². The lowest BCUT2D eigenvalue weighted by molar-refractivity contribution is -0.157. The average molecular weight is 325 g/mol. The van der Waals surface area contributed by atoms with E-state index in [4.69, 9.17) is 4.74 Å². The molecule has 3 heteroatoms. The largest absolute Gasteiger partial charge is 0.460 e. The minimum Gasteiger partial charge on any atom is -0.460 e. The quantitative estimate of drug-likeness (QED) is 0.747. The molecule has 1 fully saturated rings. The fourth-order valence-corrected chi connectivity index (χ4v) is 3.18. The minimum absolute atomic E-state index is 0.0247. The number of hydrogen-bond acceptors (Lipinski definition) is 2. The minimum atomic E-state index is -0.419. The van der Waals surface area contributed by atoms with Gasteiger partial charge < -0.3 is 4.74 Å². The van der Waals surface area contributed by atoms with Crippen molar-refractivity contribution >= 4 is 21.9 Å². The second-order valence-electron chi connectivity index (χ2n) is 6.87. The zero-order valence-corrected chi connectivity index (χ0v) is 13.7. The van der Waals surface area contributed by atoms with Gasteiger partial charge >= 0.3 is 5.97 Å². The number of esters is 1. The number of benzene rings is 1. The Labute approximate surface area is 123 Å². The zero-order valence-electron chi connectivity index (χ0n) is 12.2. The zero-order chi connectivity index (χ0) is 14.4. The molecule has 0 bridgehead atoms. The van der Waals surface area contributed by atoms with Crippen LogP contribution in [0.3, 0.4) is 0 Å². The van der Waals surface area contributed by atoms with Gasteiger partial charge in [0.05, 0.1) is 5.92 Å². The Morgan fingerprint density at radius 3 is 2.47 bits per heavy atom. The van der Waals surface area contributed by atoms with E-state index in [1.807, 2.05) is 32.9 Å². The highest BCUT2D eigenvalue weighted by molar-refractivity contribution is 9.10. The summed E-state index contributed by atoms with van der Waals surface area (Å²) in [5.74, 6) is 0.128. The van der Waals surface area contributed by atoms with Crippen molar-refractivity contribution in [2.24, 2.45) is 11.3 Å². The van der Waals surface area contributed by atoms with Gasteiger partial charge in [-0.15, -0.1) is 0 Å². The van der Waals surface area contributed by atoms with E-state index in [1.54, 1.807) is 0 Å². The highest BCUT2D eigenvalue weighted by Gasteiger charge is 2.63. The number of ether oxygens (including phenoxy) is 1. The van der Waals surface area contributed by atoms with Crippen molar-refractivity contribution in [1.82, 2.24) is 0 Å². The second-order valence-corrected chi connectivity index (χ2v) is 7.78. The third-order valence-corrected chi connectivity index (χ3v) is 4.19. The van der Waals surface area contributed by atoms with E-state index in [2.05, 4.69) is 41.9 Å². The first kappa shape index (κ1) is 14.6. The average Bonchev–Trinajstić information content (AvgIpc) is 2.79. The Morgan fingerprint density at radius 1 is 1.32 bits per heavy atom. The van der Waals surface area contributed by atoms with Gasteiger partial charge in [-0.2, -0.15) is 0 Å². The third kappa shape index (κ3) is 3.02. The third-order valence-electron chi connectivity index (χ3n) is 3.70. The SMILES string of the molecule is CC(C)(C)OC(=O)[C@H]1[C@H](c2cccc(Br)c2)C1(C)C. The normalized spacial score (nSPS) is 24.9. The maximum Gasteiger partial charge on any atom is 0.310 e. The molecular formula is C16H21BrO2. The van der Waals surface area contributed by atoms with Crippen LogP contribution in [-0.2, 0) is 9.53 Å². The van der Waals surface area contributed by atoms with Crippen molar-refractivity contribution in [1.29, 1.82) is 0 Å². The van der Waals surface area contributed by atoms with Crippen LogP contribution in [0.2, 0.25) is 0 Å². The highest BCUT2D eigenvalue weighted by atomic mass is 79.9. The Bertz CT molecular complexity index is 500. The molecule has 1 aromatic rings. The maximum absolute atomic E-state index is 12.3. The lowest BCUT2D eigenvalue weighted by atomic mass is 10.0. The second kappa shape index (κ2) is 4.62. The van der Waals surface area contributed by atoms with Crippen LogP contribution in [0.1, 0.15) is 46.1 Å². The molecule has 0 heterocycles. The van der Waals surface area contributed by atoms with Crippen molar-refractivity contribution in [2.75, 3.05) is 0 Å². The van der Waals surface area contributed by atoms with E-state index in [9.17, 15) is 4.79 Å². The monoisotopic (exact) mass is 324 g/mol. The van der Waals surface area contributed by atoms with Gasteiger partial charge in [-0.3, -0.25) is 4.79 Å². The number of rotatable bonds is 2. The van der Waals surface area contributed by atoms with Crippen LogP contribution in [-0.4, -0.2) is 11.6 Å². The van der Waals surface area contributed by atoms with Gasteiger partial charge in [0.25, 0.3) is 0 Å². The van der Waals surface area contributed by atoms with Crippen LogP contribution in [0.5, 0.6) is 0 Å². The number of hydrogen-bond donors (Lipinski definition) is 0. The van der Waals surface area contributed by atoms with Crippen LogP contribution >= 0.6 is 15.9 Å². The highest BCUT2D eigenvalue weighted by Crippen LogP contribution is 2.65. The molecule has 104 valence electrons. The molecule has 2 rings (SSSR count). The predicted octanol–water partition coefficient (Wildman–Crippen LogP) is 4.53. The summed E-state index contributed by atoms with van der Waals surface area (Å²) in [6.07, 6.45) is 0. The molecule has 0 amide bonds. The number of halogens is 1. The lowest BCUT2D eigenvalue weighted by Gasteiger charge is -2.20. The van der Waals surface area contributed by atoms with E-state index in [-0.39, 0.29) is 23.2 Å². The first-order chi connectivity index (χ1) is 8.63. The molecule has 1 aromatic carbocycles. The molecule has 2 atom stereocenters. The van der Waals surface area contributed by atoms with E-state index in [0.717, 1.165) is 4.47 Å². The van der Waals surface area contributed by atoms with Crippen LogP contribution in [0.4, 0.5) is 0 Å². The molecule has 0 aliphatic heterocycles. The van der Waals surface area contributed by atoms with Gasteiger partial charge in [0.1, 0.15) is 5.60 Å². The van der Waals surface area contributed by atoms with Crippen molar-refractivity contribution in [2.45, 2.75) is 46.1 Å². The van der Waals surface area contributed by atoms with Crippen molar-refractivity contribution in [3.05, 3.63) is 34.3 Å². The summed E-state index contributed by atoms with van der Waals surface area (Å²) < 4.78 is 6.58. The molecule has 0 radical (unpaired) electrons. The van der Waals surface area contributed by atoms with Gasteiger partial charge in [-0.25, -0.2) is 0 Å². The molecule has 1 aliphatic rings. The number of carbonyl (C=O) groups excluding carboxylic acids is 1. The Hall–Kier alpha value is -0.830. The summed E-state index contributed by atoms with van der Waals surface area (Å²) in [5, 5.41) is 0. The van der Waals surface area contributed by atoms with Gasteiger partial charge in [-0.1, -0.05) is 41.9 Å². The smallest absolute Gasteiger partial charge is 0.310 e. The van der Waals surface area contributed by atoms with Crippen molar-refractivity contribution in [3.8, 4) is 0 Å². The fraction of sp³-hybridized carbons (Fsp3) is 0.562. The molecule has 0 saturated heterocycles. The molecule has 2 nitrogen and oxygen atoms in total. The molecule has 0 spiro atoms. The summed E-state index contributed by atoms with van der Waals surface area (Å²) in [6.45, 7) is 10.00. The first-order valence-electron chi connectivity index (χ1n) is 6.61. The molecule has 0 aromatic heterocycles. The molecular weight excluding hydrogens is 304 g/mol. The van der Waals surface area contributed by atoms with Crippen molar-refractivity contribution < 1.29 is 9.53 Å². The molecule has 19 heavy (non-hydrogen) atoms. The molecule has 1 aliphatic carbocycles. The standard InChI is InChI=1S/C16H21BrO2/c1-15(2,3)19-14(18)13-12(16(13,4)5)10-7-6-8-11(17)9-10/h6-9,12-13H,1-5H3/t12-,13+/m0/s1. The summed E-state index contributed by atoms with van der Waals surface area (Å²) in [4.78, 5) is 12.3. The van der Waals surface area contributed by atoms with Crippen LogP contribution in [0, 0.1) is 11.3 Å². The number of carbonyl (C=O) groups is 1. The van der Waals surface area contributed by atoms with Gasteiger partial charge in [-0.05, 0) is 43.9 Å². The summed E-state index contributed by atoms with van der Waals surface area (Å²) in [6, 6.07) is 8.19. The molecule has 0 unspecified atom stereocenters. The predicted molar refractivity (Wildman–Crippen MR) is 80.0 cm³/mol. The van der Waals surface area contributed by atoms with Crippen LogP contribution in [0.25, 0.3) is 0 Å². The van der Waals surface area contributed by atoms with Gasteiger partial charge in [0, 0.05) is 10.4 Å². The molecule has 0 N–H and O–H groups in total. The van der Waals surface area contributed by atoms with Crippen LogP contribution in [0.15, 0.2) is 28.7 Å².